The van der Waals surface area contributed by atoms with Crippen LogP contribution in [0.5, 0.6) is 0 Å². The molecule has 7 nitrogen and oxygen atoms in total. The van der Waals surface area contributed by atoms with Crippen molar-refractivity contribution < 1.29 is 18.0 Å². The highest BCUT2D eigenvalue weighted by atomic mass is 32.2. The topological polar surface area (TPSA) is 86.8 Å². The van der Waals surface area contributed by atoms with E-state index >= 15 is 0 Å². The van der Waals surface area contributed by atoms with Gasteiger partial charge in [-0.3, -0.25) is 13.9 Å². The SMILES string of the molecule is Cc1cccc(N(CC(=O)N(Cc2ccccc2C)C(Cc2ccccc2)C(=O)NC(C)C)S(=O)(=O)c2ccccc2)c1. The first-order chi connectivity index (χ1) is 20.6. The van der Waals surface area contributed by atoms with Gasteiger partial charge in [-0.05, 0) is 74.2 Å². The molecule has 2 amide bonds. The third-order valence-corrected chi connectivity index (χ3v) is 8.99. The summed E-state index contributed by atoms with van der Waals surface area (Å²) in [5.74, 6) is -0.780. The van der Waals surface area contributed by atoms with Gasteiger partial charge in [0.2, 0.25) is 11.8 Å². The first-order valence-corrected chi connectivity index (χ1v) is 15.8. The van der Waals surface area contributed by atoms with Gasteiger partial charge in [-0.2, -0.15) is 0 Å². The highest BCUT2D eigenvalue weighted by Crippen LogP contribution is 2.26. The van der Waals surface area contributed by atoms with E-state index in [-0.39, 0.29) is 29.8 Å². The van der Waals surface area contributed by atoms with Gasteiger partial charge >= 0.3 is 0 Å². The molecular formula is C35H39N3O4S. The summed E-state index contributed by atoms with van der Waals surface area (Å²) in [7, 11) is -4.12. The maximum absolute atomic E-state index is 14.5. The average Bonchev–Trinajstić information content (AvgIpc) is 2.99. The van der Waals surface area contributed by atoms with Crippen LogP contribution in [0.1, 0.15) is 36.1 Å². The summed E-state index contributed by atoms with van der Waals surface area (Å²) in [4.78, 5) is 29.8. The molecule has 0 spiro atoms. The Bertz CT molecular complexity index is 1640. The molecule has 4 rings (SSSR count). The molecule has 0 bridgehead atoms. The molecule has 0 aliphatic carbocycles. The number of amides is 2. The zero-order chi connectivity index (χ0) is 31.0. The molecule has 4 aromatic rings. The number of anilines is 1. The van der Waals surface area contributed by atoms with Gasteiger partial charge in [0.15, 0.2) is 0 Å². The van der Waals surface area contributed by atoms with E-state index in [4.69, 9.17) is 0 Å². The first kappa shape index (κ1) is 31.5. The van der Waals surface area contributed by atoms with E-state index in [9.17, 15) is 18.0 Å². The lowest BCUT2D eigenvalue weighted by Crippen LogP contribution is -2.54. The summed E-state index contributed by atoms with van der Waals surface area (Å²) < 4.78 is 29.2. The highest BCUT2D eigenvalue weighted by molar-refractivity contribution is 7.92. The molecule has 0 saturated carbocycles. The number of nitrogens with zero attached hydrogens (tertiary/aromatic N) is 2. The molecule has 4 aromatic carbocycles. The molecule has 0 heterocycles. The number of hydrogen-bond donors (Lipinski definition) is 1. The van der Waals surface area contributed by atoms with Crippen LogP contribution in [-0.4, -0.2) is 43.8 Å². The number of nitrogens with one attached hydrogen (secondary N) is 1. The number of hydrogen-bond acceptors (Lipinski definition) is 4. The lowest BCUT2D eigenvalue weighted by atomic mass is 10.0. The summed E-state index contributed by atoms with van der Waals surface area (Å²) in [6.07, 6.45) is 0.271. The molecule has 1 atom stereocenters. The molecule has 1 N–H and O–H groups in total. The molecule has 8 heteroatoms. The van der Waals surface area contributed by atoms with Crippen LogP contribution in [0.4, 0.5) is 5.69 Å². The predicted molar refractivity (Wildman–Crippen MR) is 171 cm³/mol. The molecule has 224 valence electrons. The number of aryl methyl sites for hydroxylation is 2. The van der Waals surface area contributed by atoms with E-state index in [2.05, 4.69) is 5.32 Å². The minimum absolute atomic E-state index is 0.0770. The Morgan fingerprint density at radius 2 is 1.42 bits per heavy atom. The van der Waals surface area contributed by atoms with Gasteiger partial charge in [0.25, 0.3) is 10.0 Å². The Labute approximate surface area is 255 Å². The van der Waals surface area contributed by atoms with Crippen molar-refractivity contribution in [1.82, 2.24) is 10.2 Å². The van der Waals surface area contributed by atoms with Crippen molar-refractivity contribution in [3.63, 3.8) is 0 Å². The normalized spacial score (nSPS) is 12.0. The van der Waals surface area contributed by atoms with Crippen LogP contribution < -0.4 is 9.62 Å². The lowest BCUT2D eigenvalue weighted by Gasteiger charge is -2.34. The second-order valence-corrected chi connectivity index (χ2v) is 12.8. The van der Waals surface area contributed by atoms with Crippen molar-refractivity contribution in [2.24, 2.45) is 0 Å². The summed E-state index contributed by atoms with van der Waals surface area (Å²) in [5.41, 5.74) is 3.96. The lowest BCUT2D eigenvalue weighted by molar-refractivity contribution is -0.140. The summed E-state index contributed by atoms with van der Waals surface area (Å²) >= 11 is 0. The Hall–Kier alpha value is -4.43. The Kier molecular flexibility index (Phi) is 10.4. The Morgan fingerprint density at radius 1 is 0.791 bits per heavy atom. The quantitative estimate of drug-likeness (QED) is 0.228. The predicted octanol–water partition coefficient (Wildman–Crippen LogP) is 5.66. The Morgan fingerprint density at radius 3 is 2.05 bits per heavy atom. The van der Waals surface area contributed by atoms with Crippen molar-refractivity contribution in [2.45, 2.75) is 57.6 Å². The third-order valence-electron chi connectivity index (χ3n) is 7.20. The summed E-state index contributed by atoms with van der Waals surface area (Å²) in [5, 5.41) is 2.98. The highest BCUT2D eigenvalue weighted by Gasteiger charge is 2.35. The second-order valence-electron chi connectivity index (χ2n) is 11.0. The molecule has 1 unspecified atom stereocenters. The molecule has 0 fully saturated rings. The van der Waals surface area contributed by atoms with Crippen LogP contribution in [0.15, 0.2) is 114 Å². The average molecular weight is 598 g/mol. The third kappa shape index (κ3) is 8.11. The van der Waals surface area contributed by atoms with E-state index in [1.807, 2.05) is 88.4 Å². The van der Waals surface area contributed by atoms with Crippen LogP contribution in [-0.2, 0) is 32.6 Å². The van der Waals surface area contributed by atoms with Crippen LogP contribution in [0.2, 0.25) is 0 Å². The minimum Gasteiger partial charge on any atom is -0.352 e. The van der Waals surface area contributed by atoms with Gasteiger partial charge in [0.05, 0.1) is 10.6 Å². The zero-order valence-corrected chi connectivity index (χ0v) is 25.9. The number of carbonyl (C=O) groups is 2. The van der Waals surface area contributed by atoms with Gasteiger partial charge in [-0.25, -0.2) is 8.42 Å². The van der Waals surface area contributed by atoms with E-state index in [1.165, 1.54) is 17.0 Å². The molecule has 0 aromatic heterocycles. The van der Waals surface area contributed by atoms with Crippen LogP contribution in [0.3, 0.4) is 0 Å². The largest absolute Gasteiger partial charge is 0.352 e. The van der Waals surface area contributed by atoms with E-state index in [0.717, 1.165) is 26.6 Å². The van der Waals surface area contributed by atoms with Gasteiger partial charge in [-0.15, -0.1) is 0 Å². The standard InChI is InChI=1S/C35H39N3O4S/c1-26(2)36-35(40)33(23-29-16-7-5-8-17-29)37(24-30-18-12-11-15-28(30)4)34(39)25-38(31-19-13-14-27(3)22-31)43(41,42)32-20-9-6-10-21-32/h5-22,26,33H,23-25H2,1-4H3,(H,36,40). The molecule has 0 radical (unpaired) electrons. The smallest absolute Gasteiger partial charge is 0.264 e. The molecule has 0 aliphatic heterocycles. The van der Waals surface area contributed by atoms with Crippen molar-refractivity contribution >= 4 is 27.5 Å². The zero-order valence-electron chi connectivity index (χ0n) is 25.1. The number of sulfonamides is 1. The molecule has 0 saturated heterocycles. The van der Waals surface area contributed by atoms with Crippen LogP contribution >= 0.6 is 0 Å². The second kappa shape index (κ2) is 14.2. The fourth-order valence-corrected chi connectivity index (χ4v) is 6.36. The molecule has 0 aliphatic rings. The van der Waals surface area contributed by atoms with Crippen molar-refractivity contribution in [1.29, 1.82) is 0 Å². The van der Waals surface area contributed by atoms with Crippen LogP contribution in [0.25, 0.3) is 0 Å². The van der Waals surface area contributed by atoms with Crippen molar-refractivity contribution in [3.05, 3.63) is 131 Å². The van der Waals surface area contributed by atoms with E-state index < -0.39 is 28.5 Å². The van der Waals surface area contributed by atoms with Gasteiger partial charge in [0.1, 0.15) is 12.6 Å². The molecule has 43 heavy (non-hydrogen) atoms. The molecular weight excluding hydrogens is 558 g/mol. The van der Waals surface area contributed by atoms with Gasteiger partial charge < -0.3 is 10.2 Å². The fraction of sp³-hybridized carbons (Fsp3) is 0.257. The number of rotatable bonds is 12. The van der Waals surface area contributed by atoms with Gasteiger partial charge in [-0.1, -0.05) is 84.9 Å². The first-order valence-electron chi connectivity index (χ1n) is 14.4. The number of benzene rings is 4. The van der Waals surface area contributed by atoms with Crippen molar-refractivity contribution in [3.8, 4) is 0 Å². The number of carbonyl (C=O) groups excluding carboxylic acids is 2. The monoisotopic (exact) mass is 597 g/mol. The maximum atomic E-state index is 14.5. The Balaban J connectivity index is 1.81. The van der Waals surface area contributed by atoms with Crippen molar-refractivity contribution in [2.75, 3.05) is 10.8 Å². The minimum atomic E-state index is -4.12. The van der Waals surface area contributed by atoms with Crippen LogP contribution in [0, 0.1) is 13.8 Å². The fourth-order valence-electron chi connectivity index (χ4n) is 4.94. The van der Waals surface area contributed by atoms with E-state index in [1.54, 1.807) is 36.4 Å². The summed E-state index contributed by atoms with van der Waals surface area (Å²) in [6, 6.07) is 31.3. The maximum Gasteiger partial charge on any atom is 0.264 e. The summed E-state index contributed by atoms with van der Waals surface area (Å²) in [6.45, 7) is 7.23. The van der Waals surface area contributed by atoms with E-state index in [0.29, 0.717) is 5.69 Å². The van der Waals surface area contributed by atoms with Gasteiger partial charge in [0, 0.05) is 19.0 Å².